The van der Waals surface area contributed by atoms with E-state index >= 15 is 0 Å². The Kier molecular flexibility index (Phi) is 4.68. The van der Waals surface area contributed by atoms with Gasteiger partial charge in [-0.15, -0.1) is 0 Å². The number of nitrogen functional groups attached to an aromatic ring is 1. The minimum Gasteiger partial charge on any atom is -0.507 e. The number of phenolic OH excluding ortho intramolecular Hbond substituents is 1. The summed E-state index contributed by atoms with van der Waals surface area (Å²) in [5.41, 5.74) is 6.43. The van der Waals surface area contributed by atoms with Crippen LogP contribution in [0.1, 0.15) is 58.0 Å². The predicted octanol–water partition coefficient (Wildman–Crippen LogP) is 3.97. The van der Waals surface area contributed by atoms with Gasteiger partial charge in [0.15, 0.2) is 11.6 Å². The van der Waals surface area contributed by atoms with E-state index in [9.17, 15) is 14.7 Å². The number of ether oxygens (including phenoxy) is 1. The molecule has 0 heterocycles. The summed E-state index contributed by atoms with van der Waals surface area (Å²) in [5, 5.41) is 10.6. The highest BCUT2D eigenvalue weighted by Gasteiger charge is 2.35. The van der Waals surface area contributed by atoms with Crippen LogP contribution in [-0.2, 0) is 0 Å². The van der Waals surface area contributed by atoms with Gasteiger partial charge in [-0.25, -0.2) is 0 Å². The normalized spacial score (nSPS) is 12.7. The molecule has 0 unspecified atom stereocenters. The maximum atomic E-state index is 12.8. The van der Waals surface area contributed by atoms with E-state index in [1.165, 1.54) is 24.3 Å². The molecule has 0 aliphatic heterocycles. The molecule has 3 rings (SSSR count). The van der Waals surface area contributed by atoms with Crippen molar-refractivity contribution in [2.75, 3.05) is 12.3 Å². The minimum atomic E-state index is -0.456. The zero-order valence-electron chi connectivity index (χ0n) is 13.8. The number of fused-ring (bicyclic) bond motifs is 2. The molecule has 0 saturated heterocycles. The molecule has 130 valence electrons. The van der Waals surface area contributed by atoms with E-state index in [4.69, 9.17) is 22.1 Å². The maximum Gasteiger partial charge on any atom is 0.198 e. The summed E-state index contributed by atoms with van der Waals surface area (Å²) in [6, 6.07) is 5.74. The van der Waals surface area contributed by atoms with Gasteiger partial charge in [0.25, 0.3) is 0 Å². The third kappa shape index (κ3) is 2.96. The fourth-order valence-corrected chi connectivity index (χ4v) is 3.12. The van der Waals surface area contributed by atoms with Gasteiger partial charge in [0, 0.05) is 22.2 Å². The summed E-state index contributed by atoms with van der Waals surface area (Å²) in [6.45, 7) is 2.49. The van der Waals surface area contributed by atoms with Crippen LogP contribution in [-0.4, -0.2) is 23.3 Å². The van der Waals surface area contributed by atoms with Crippen LogP contribution in [0.3, 0.4) is 0 Å². The first-order chi connectivity index (χ1) is 12.0. The summed E-state index contributed by atoms with van der Waals surface area (Å²) in [4.78, 5) is 25.5. The van der Waals surface area contributed by atoms with E-state index in [1.807, 2.05) is 0 Å². The zero-order chi connectivity index (χ0) is 18.1. The smallest absolute Gasteiger partial charge is 0.198 e. The molecule has 6 heteroatoms. The zero-order valence-corrected chi connectivity index (χ0v) is 14.5. The van der Waals surface area contributed by atoms with Crippen molar-refractivity contribution in [1.82, 2.24) is 0 Å². The number of hydrogen-bond acceptors (Lipinski definition) is 5. The molecule has 0 saturated carbocycles. The number of nitrogens with two attached hydrogens (primary N) is 1. The minimum absolute atomic E-state index is 0.0229. The number of carbonyl (C=O) groups is 2. The Bertz CT molecular complexity index is 876. The van der Waals surface area contributed by atoms with Gasteiger partial charge in [-0.3, -0.25) is 9.59 Å². The lowest BCUT2D eigenvalue weighted by molar-refractivity contribution is 0.0977. The van der Waals surface area contributed by atoms with Gasteiger partial charge in [-0.05, 0) is 24.6 Å². The molecule has 0 atom stereocenters. The van der Waals surface area contributed by atoms with Crippen molar-refractivity contribution < 1.29 is 19.4 Å². The first-order valence-electron chi connectivity index (χ1n) is 8.12. The largest absolute Gasteiger partial charge is 0.507 e. The quantitative estimate of drug-likeness (QED) is 0.408. The molecule has 0 aromatic heterocycles. The number of aromatic hydroxyl groups is 1. The number of ketones is 2. The van der Waals surface area contributed by atoms with E-state index < -0.39 is 11.6 Å². The summed E-state index contributed by atoms with van der Waals surface area (Å²) in [6.07, 6.45) is 2.87. The van der Waals surface area contributed by atoms with Gasteiger partial charge in [0.2, 0.25) is 0 Å². The number of hydrogen-bond donors (Lipinski definition) is 2. The fraction of sp³-hybridized carbons (Fsp3) is 0.263. The number of carbonyl (C=O) groups excluding carboxylic acids is 2. The Balaban J connectivity index is 2.07. The van der Waals surface area contributed by atoms with Gasteiger partial charge < -0.3 is 15.6 Å². The molecule has 0 amide bonds. The van der Waals surface area contributed by atoms with E-state index in [-0.39, 0.29) is 39.4 Å². The van der Waals surface area contributed by atoms with Gasteiger partial charge in [0.05, 0.1) is 23.4 Å². The van der Waals surface area contributed by atoms with Crippen LogP contribution in [0.15, 0.2) is 24.3 Å². The van der Waals surface area contributed by atoms with Crippen LogP contribution in [0.4, 0.5) is 5.69 Å². The highest BCUT2D eigenvalue weighted by molar-refractivity contribution is 6.34. The third-order valence-corrected chi connectivity index (χ3v) is 4.47. The fourth-order valence-electron chi connectivity index (χ4n) is 2.95. The van der Waals surface area contributed by atoms with Gasteiger partial charge in [-0.2, -0.15) is 0 Å². The molecule has 0 spiro atoms. The van der Waals surface area contributed by atoms with Crippen LogP contribution in [0.25, 0.3) is 0 Å². The summed E-state index contributed by atoms with van der Waals surface area (Å²) < 4.78 is 5.61. The van der Waals surface area contributed by atoms with Crippen LogP contribution in [0, 0.1) is 0 Å². The first-order valence-corrected chi connectivity index (χ1v) is 8.50. The summed E-state index contributed by atoms with van der Waals surface area (Å²) in [5.74, 6) is -1.01. The maximum absolute atomic E-state index is 12.8. The molecule has 2 aromatic carbocycles. The Morgan fingerprint density at radius 1 is 1.08 bits per heavy atom. The Hall–Kier alpha value is -2.53. The van der Waals surface area contributed by atoms with E-state index in [0.29, 0.717) is 11.6 Å². The highest BCUT2D eigenvalue weighted by Crippen LogP contribution is 2.41. The average Bonchev–Trinajstić information content (AvgIpc) is 2.59. The second-order valence-corrected chi connectivity index (χ2v) is 6.40. The van der Waals surface area contributed by atoms with Crippen molar-refractivity contribution in [3.63, 3.8) is 0 Å². The topological polar surface area (TPSA) is 89.6 Å². The number of halogens is 1. The van der Waals surface area contributed by atoms with E-state index in [0.717, 1.165) is 19.3 Å². The third-order valence-electron chi connectivity index (χ3n) is 4.24. The molecule has 3 N–H and O–H groups in total. The molecule has 0 fully saturated rings. The lowest BCUT2D eigenvalue weighted by Crippen LogP contribution is -2.23. The van der Waals surface area contributed by atoms with E-state index in [2.05, 4.69) is 6.92 Å². The van der Waals surface area contributed by atoms with Crippen molar-refractivity contribution >= 4 is 28.9 Å². The van der Waals surface area contributed by atoms with Crippen LogP contribution >= 0.6 is 11.6 Å². The lowest BCUT2D eigenvalue weighted by Gasteiger charge is -2.22. The van der Waals surface area contributed by atoms with Crippen molar-refractivity contribution in [1.29, 1.82) is 0 Å². The second-order valence-electron chi connectivity index (χ2n) is 5.96. The number of anilines is 1. The average molecular weight is 360 g/mol. The summed E-state index contributed by atoms with van der Waals surface area (Å²) in [7, 11) is 0. The summed E-state index contributed by atoms with van der Waals surface area (Å²) >= 11 is 5.95. The first kappa shape index (κ1) is 17.3. The Morgan fingerprint density at radius 2 is 1.80 bits per heavy atom. The number of rotatable bonds is 5. The van der Waals surface area contributed by atoms with Crippen LogP contribution < -0.4 is 10.5 Å². The molecule has 5 nitrogen and oxygen atoms in total. The molecular weight excluding hydrogens is 342 g/mol. The molecule has 2 aromatic rings. The van der Waals surface area contributed by atoms with Crippen molar-refractivity contribution in [3.05, 3.63) is 51.5 Å². The number of phenols is 1. The monoisotopic (exact) mass is 359 g/mol. The Morgan fingerprint density at radius 3 is 2.52 bits per heavy atom. The van der Waals surface area contributed by atoms with Crippen molar-refractivity contribution in [3.8, 4) is 11.5 Å². The molecule has 0 radical (unpaired) electrons. The SMILES string of the molecule is CCCCCOc1cc(O)c2c(c1N)C(=O)c1cc(Cl)ccc1C2=O. The molecule has 1 aliphatic rings. The van der Waals surface area contributed by atoms with Crippen molar-refractivity contribution in [2.45, 2.75) is 26.2 Å². The number of benzene rings is 2. The van der Waals surface area contributed by atoms with Crippen molar-refractivity contribution in [2.24, 2.45) is 0 Å². The van der Waals surface area contributed by atoms with Crippen LogP contribution in [0.2, 0.25) is 5.02 Å². The standard InChI is InChI=1S/C19H18ClNO4/c1-2-3-4-7-25-14-9-13(22)15-16(17(14)21)19(24)12-8-10(20)5-6-11(12)18(15)23/h5-6,8-9,22H,2-4,7,21H2,1H3. The van der Waals surface area contributed by atoms with Gasteiger partial charge in [-0.1, -0.05) is 31.4 Å². The van der Waals surface area contributed by atoms with Crippen LogP contribution in [0.5, 0.6) is 11.5 Å². The highest BCUT2D eigenvalue weighted by atomic mass is 35.5. The number of unbranched alkanes of at least 4 members (excludes halogenated alkanes) is 2. The van der Waals surface area contributed by atoms with E-state index in [1.54, 1.807) is 0 Å². The van der Waals surface area contributed by atoms with Gasteiger partial charge >= 0.3 is 0 Å². The Labute approximate surface area is 150 Å². The predicted molar refractivity (Wildman–Crippen MR) is 95.9 cm³/mol. The molecule has 25 heavy (non-hydrogen) atoms. The molecule has 1 aliphatic carbocycles. The molecule has 0 bridgehead atoms. The lowest BCUT2D eigenvalue weighted by atomic mass is 9.82. The second kappa shape index (κ2) is 6.76. The molecular formula is C19H18ClNO4. The van der Waals surface area contributed by atoms with Gasteiger partial charge in [0.1, 0.15) is 11.5 Å².